The highest BCUT2D eigenvalue weighted by molar-refractivity contribution is 7.11. The number of nitrogens with zero attached hydrogens (tertiary/aromatic N) is 1. The number of nitrogens with one attached hydrogen (secondary N) is 1. The van der Waals surface area contributed by atoms with Crippen molar-refractivity contribution in [3.8, 4) is 0 Å². The largest absolute Gasteiger partial charge is 0.353 e. The quantitative estimate of drug-likeness (QED) is 0.622. The standard InChI is InChI=1S/C22H33N3OS/c1-2-16-10-11-19-20(15-16)27-22(25-19)13-12-21(26)24-18(9-5-6-14-23)17-7-3-4-8-17/h5-6,10-11,16-18H,2-4,7-9,12-15,23H2,1H3,(H,24,26)/b6-5+. The van der Waals surface area contributed by atoms with Gasteiger partial charge in [0.05, 0.1) is 10.7 Å². The molecule has 148 valence electrons. The van der Waals surface area contributed by atoms with Crippen molar-refractivity contribution in [3.63, 3.8) is 0 Å². The molecule has 0 spiro atoms. The SMILES string of the molecule is CCC1C=Cc2nc(CCC(=O)NC(C/C=C/CN)C3CCCC3)sc2C1. The Balaban J connectivity index is 1.51. The molecule has 1 fully saturated rings. The molecule has 4 nitrogen and oxygen atoms in total. The summed E-state index contributed by atoms with van der Waals surface area (Å²) in [5.74, 6) is 1.41. The predicted octanol–water partition coefficient (Wildman–Crippen LogP) is 4.25. The summed E-state index contributed by atoms with van der Waals surface area (Å²) in [5, 5.41) is 4.39. The first-order valence-corrected chi connectivity index (χ1v) is 11.3. The number of carbonyl (C=O) groups excluding carboxylic acids is 1. The Morgan fingerprint density at radius 3 is 2.96 bits per heavy atom. The predicted molar refractivity (Wildman–Crippen MR) is 114 cm³/mol. The van der Waals surface area contributed by atoms with Crippen LogP contribution in [0.3, 0.4) is 0 Å². The Hall–Kier alpha value is -1.46. The van der Waals surface area contributed by atoms with Crippen LogP contribution in [0.2, 0.25) is 0 Å². The number of hydrogen-bond donors (Lipinski definition) is 2. The Morgan fingerprint density at radius 1 is 1.41 bits per heavy atom. The highest BCUT2D eigenvalue weighted by Crippen LogP contribution is 2.31. The van der Waals surface area contributed by atoms with Gasteiger partial charge in [0.25, 0.3) is 0 Å². The molecule has 3 N–H and O–H groups in total. The first-order valence-electron chi connectivity index (χ1n) is 10.5. The van der Waals surface area contributed by atoms with E-state index in [4.69, 9.17) is 10.7 Å². The number of fused-ring (bicyclic) bond motifs is 1. The van der Waals surface area contributed by atoms with E-state index in [2.05, 4.69) is 30.5 Å². The van der Waals surface area contributed by atoms with Gasteiger partial charge in [-0.15, -0.1) is 11.3 Å². The van der Waals surface area contributed by atoms with Crippen molar-refractivity contribution < 1.29 is 4.79 Å². The van der Waals surface area contributed by atoms with Gasteiger partial charge in [-0.3, -0.25) is 4.79 Å². The average molecular weight is 388 g/mol. The zero-order valence-corrected chi connectivity index (χ0v) is 17.3. The molecule has 0 saturated heterocycles. The van der Waals surface area contributed by atoms with E-state index >= 15 is 0 Å². The Kier molecular flexibility index (Phi) is 7.65. The molecule has 2 aliphatic carbocycles. The highest BCUT2D eigenvalue weighted by Gasteiger charge is 2.25. The van der Waals surface area contributed by atoms with E-state index in [1.165, 1.54) is 37.0 Å². The maximum Gasteiger partial charge on any atom is 0.220 e. The molecule has 2 atom stereocenters. The highest BCUT2D eigenvalue weighted by atomic mass is 32.1. The van der Waals surface area contributed by atoms with Crippen LogP contribution in [0.25, 0.3) is 6.08 Å². The molecule has 1 aromatic rings. The summed E-state index contributed by atoms with van der Waals surface area (Å²) in [4.78, 5) is 18.7. The molecular formula is C22H33N3OS. The van der Waals surface area contributed by atoms with Crippen molar-refractivity contribution in [2.75, 3.05) is 6.54 Å². The Labute approximate surface area is 167 Å². The number of aromatic nitrogens is 1. The lowest BCUT2D eigenvalue weighted by atomic mass is 9.95. The van der Waals surface area contributed by atoms with Crippen molar-refractivity contribution in [2.24, 2.45) is 17.6 Å². The second kappa shape index (κ2) is 10.2. The van der Waals surface area contributed by atoms with Gasteiger partial charge in [-0.2, -0.15) is 0 Å². The van der Waals surface area contributed by atoms with Crippen LogP contribution in [0.4, 0.5) is 0 Å². The minimum absolute atomic E-state index is 0.156. The third-order valence-corrected chi connectivity index (χ3v) is 7.00. The van der Waals surface area contributed by atoms with Gasteiger partial charge in [0.2, 0.25) is 5.91 Å². The van der Waals surface area contributed by atoms with E-state index < -0.39 is 0 Å². The van der Waals surface area contributed by atoms with Crippen molar-refractivity contribution >= 4 is 23.3 Å². The van der Waals surface area contributed by atoms with Gasteiger partial charge >= 0.3 is 0 Å². The number of hydrogen-bond acceptors (Lipinski definition) is 4. The van der Waals surface area contributed by atoms with Crippen LogP contribution >= 0.6 is 11.3 Å². The van der Waals surface area contributed by atoms with Gasteiger partial charge < -0.3 is 11.1 Å². The maximum absolute atomic E-state index is 12.6. The van der Waals surface area contributed by atoms with Gasteiger partial charge in [0.1, 0.15) is 0 Å². The fraction of sp³-hybridized carbons (Fsp3) is 0.636. The van der Waals surface area contributed by atoms with Gasteiger partial charge in [0, 0.05) is 30.3 Å². The average Bonchev–Trinajstić information content (AvgIpc) is 3.34. The van der Waals surface area contributed by atoms with Crippen LogP contribution in [-0.2, 0) is 17.6 Å². The minimum Gasteiger partial charge on any atom is -0.353 e. The molecule has 2 aliphatic rings. The second-order valence-corrected chi connectivity index (χ2v) is 8.98. The lowest BCUT2D eigenvalue weighted by molar-refractivity contribution is -0.122. The van der Waals surface area contributed by atoms with E-state index in [-0.39, 0.29) is 11.9 Å². The van der Waals surface area contributed by atoms with Gasteiger partial charge in [-0.25, -0.2) is 4.98 Å². The molecule has 0 radical (unpaired) electrons. The molecule has 0 bridgehead atoms. The molecule has 0 aromatic carbocycles. The smallest absolute Gasteiger partial charge is 0.220 e. The van der Waals surface area contributed by atoms with Crippen LogP contribution in [0, 0.1) is 11.8 Å². The minimum atomic E-state index is 0.156. The number of rotatable bonds is 9. The second-order valence-electron chi connectivity index (χ2n) is 7.81. The molecule has 2 unspecified atom stereocenters. The number of allylic oxidation sites excluding steroid dienone is 1. The summed E-state index contributed by atoms with van der Waals surface area (Å²) >= 11 is 1.79. The van der Waals surface area contributed by atoms with Crippen molar-refractivity contribution in [1.82, 2.24) is 10.3 Å². The van der Waals surface area contributed by atoms with E-state index in [0.717, 1.165) is 30.0 Å². The van der Waals surface area contributed by atoms with Crippen LogP contribution in [-0.4, -0.2) is 23.5 Å². The van der Waals surface area contributed by atoms with Crippen molar-refractivity contribution in [3.05, 3.63) is 33.8 Å². The van der Waals surface area contributed by atoms with Crippen molar-refractivity contribution in [1.29, 1.82) is 0 Å². The molecular weight excluding hydrogens is 354 g/mol. The molecule has 27 heavy (non-hydrogen) atoms. The lowest BCUT2D eigenvalue weighted by Gasteiger charge is -2.23. The molecule has 5 heteroatoms. The molecule has 0 aliphatic heterocycles. The summed E-state index contributed by atoms with van der Waals surface area (Å²) in [6.45, 7) is 2.79. The van der Waals surface area contributed by atoms with Crippen molar-refractivity contribution in [2.45, 2.75) is 70.8 Å². The number of amides is 1. The number of thiazole rings is 1. The Bertz CT molecular complexity index is 673. The molecule has 1 saturated carbocycles. The summed E-state index contributed by atoms with van der Waals surface area (Å²) in [6, 6.07) is 0.251. The van der Waals surface area contributed by atoms with Crippen LogP contribution in [0.1, 0.15) is 67.4 Å². The monoisotopic (exact) mass is 387 g/mol. The van der Waals surface area contributed by atoms with Gasteiger partial charge in [0.15, 0.2) is 0 Å². The first-order chi connectivity index (χ1) is 13.2. The molecule has 3 rings (SSSR count). The Morgan fingerprint density at radius 2 is 2.22 bits per heavy atom. The molecule has 1 amide bonds. The molecule has 1 aromatic heterocycles. The van der Waals surface area contributed by atoms with E-state index in [1.54, 1.807) is 11.3 Å². The van der Waals surface area contributed by atoms with Crippen LogP contribution < -0.4 is 11.1 Å². The van der Waals surface area contributed by atoms with E-state index in [9.17, 15) is 4.79 Å². The zero-order valence-electron chi connectivity index (χ0n) is 16.5. The third kappa shape index (κ3) is 5.76. The lowest BCUT2D eigenvalue weighted by Crippen LogP contribution is -2.39. The van der Waals surface area contributed by atoms with Crippen LogP contribution in [0.5, 0.6) is 0 Å². The molecule has 1 heterocycles. The van der Waals surface area contributed by atoms with Crippen LogP contribution in [0.15, 0.2) is 18.2 Å². The zero-order chi connectivity index (χ0) is 19.1. The summed E-state index contributed by atoms with van der Waals surface area (Å²) < 4.78 is 0. The number of aryl methyl sites for hydroxylation is 1. The number of nitrogens with two attached hydrogens (primary N) is 1. The fourth-order valence-corrected chi connectivity index (χ4v) is 5.33. The number of carbonyl (C=O) groups is 1. The van der Waals surface area contributed by atoms with E-state index in [1.807, 2.05) is 6.08 Å². The topological polar surface area (TPSA) is 68.0 Å². The maximum atomic E-state index is 12.6. The summed E-state index contributed by atoms with van der Waals surface area (Å²) in [5.41, 5.74) is 6.68. The summed E-state index contributed by atoms with van der Waals surface area (Å²) in [6.07, 6.45) is 18.0. The van der Waals surface area contributed by atoms with Gasteiger partial charge in [-0.1, -0.05) is 38.0 Å². The first kappa shape index (κ1) is 20.3. The third-order valence-electron chi connectivity index (χ3n) is 5.84. The fourth-order valence-electron chi connectivity index (χ4n) is 4.18. The van der Waals surface area contributed by atoms with E-state index in [0.29, 0.717) is 24.8 Å². The van der Waals surface area contributed by atoms with Gasteiger partial charge in [-0.05, 0) is 50.0 Å². The summed E-state index contributed by atoms with van der Waals surface area (Å²) in [7, 11) is 0. The normalized spacial score (nSPS) is 20.9.